The molecule has 1 fully saturated rings. The van der Waals surface area contributed by atoms with Crippen LogP contribution in [0.4, 0.5) is 0 Å². The van der Waals surface area contributed by atoms with E-state index < -0.39 is 114 Å². The Morgan fingerprint density at radius 3 is 1.62 bits per heavy atom. The van der Waals surface area contributed by atoms with Crippen LogP contribution in [0.2, 0.25) is 0 Å². The number of aliphatic hydroxyl groups excluding tert-OH is 2. The minimum Gasteiger partial charge on any atom is -0.458 e. The SMILES string of the molecule is CC(C)CC1NC(=O)C(Cc2ccccc2)NC(=O)[C@@H](CC(C)C)NC(=O)[C@@H](NC(=O)[C@@H](Cc2ccccc2)NC(=O)C(C)C)[C@@H](C)OC(=O)[C@H](CO)NC(=O)C([C@@H](C)O)NC1=O. The van der Waals surface area contributed by atoms with Crippen molar-refractivity contribution in [1.29, 1.82) is 0 Å². The number of carbonyl (C=O) groups excluding carboxylic acids is 8. The number of hydrogen-bond donors (Lipinski definition) is 9. The summed E-state index contributed by atoms with van der Waals surface area (Å²) in [6.45, 7) is 11.9. The van der Waals surface area contributed by atoms with Crippen LogP contribution in [0.25, 0.3) is 0 Å². The van der Waals surface area contributed by atoms with Gasteiger partial charge in [-0.1, -0.05) is 102 Å². The minimum absolute atomic E-state index is 0.00845. The minimum atomic E-state index is -1.79. The Kier molecular flexibility index (Phi) is 20.2. The van der Waals surface area contributed by atoms with Gasteiger partial charge in [0.25, 0.3) is 0 Å². The molecule has 346 valence electrons. The first-order valence-electron chi connectivity index (χ1n) is 21.4. The van der Waals surface area contributed by atoms with Crippen LogP contribution >= 0.6 is 0 Å². The topological polar surface area (TPSA) is 270 Å². The number of ether oxygens (including phenoxy) is 1. The molecule has 18 nitrogen and oxygen atoms in total. The van der Waals surface area contributed by atoms with Gasteiger partial charge in [-0.05, 0) is 49.7 Å². The Morgan fingerprint density at radius 2 is 1.11 bits per heavy atom. The predicted molar refractivity (Wildman–Crippen MR) is 232 cm³/mol. The number of hydrogen-bond acceptors (Lipinski definition) is 11. The average Bonchev–Trinajstić information content (AvgIpc) is 3.22. The maximum atomic E-state index is 14.4. The molecule has 18 heteroatoms. The fourth-order valence-corrected chi connectivity index (χ4v) is 6.75. The number of amides is 7. The van der Waals surface area contributed by atoms with Gasteiger partial charge in [-0.2, -0.15) is 0 Å². The summed E-state index contributed by atoms with van der Waals surface area (Å²) in [5.41, 5.74) is 1.33. The molecule has 9 N–H and O–H groups in total. The van der Waals surface area contributed by atoms with Crippen LogP contribution in [0, 0.1) is 17.8 Å². The third kappa shape index (κ3) is 16.4. The van der Waals surface area contributed by atoms with Crippen molar-refractivity contribution in [3.63, 3.8) is 0 Å². The fraction of sp³-hybridized carbons (Fsp3) is 0.556. The molecule has 3 rings (SSSR count). The van der Waals surface area contributed by atoms with E-state index in [0.29, 0.717) is 11.1 Å². The molecule has 2 aromatic rings. The third-order valence-electron chi connectivity index (χ3n) is 10.2. The second-order valence-electron chi connectivity index (χ2n) is 17.1. The predicted octanol–water partition coefficient (Wildman–Crippen LogP) is -0.0680. The van der Waals surface area contributed by atoms with Crippen molar-refractivity contribution in [3.05, 3.63) is 71.8 Å². The van der Waals surface area contributed by atoms with Crippen molar-refractivity contribution in [3.8, 4) is 0 Å². The highest BCUT2D eigenvalue weighted by molar-refractivity contribution is 5.98. The van der Waals surface area contributed by atoms with Gasteiger partial charge in [0.15, 0.2) is 6.04 Å². The molecule has 1 aliphatic heterocycles. The van der Waals surface area contributed by atoms with Gasteiger partial charge in [-0.15, -0.1) is 0 Å². The lowest BCUT2D eigenvalue weighted by Crippen LogP contribution is -2.62. The summed E-state index contributed by atoms with van der Waals surface area (Å²) in [6, 6.07) is 7.22. The zero-order chi connectivity index (χ0) is 47.0. The standard InChI is InChI=1S/C45H65N7O11/c1-24(2)19-31-39(56)48-33(21-29-15-11-9-12-16-29)40(57)47-32(20-25(3)4)41(58)51-36(27(7)54)43(60)50-35(23-53)45(62)63-28(8)37(44(61)49-31)52-42(59)34(46-38(55)26(5)6)22-30-17-13-10-14-18-30/h9-18,24-28,31-37,53-54H,19-23H2,1-8H3,(H,46,55)(H,47,57)(H,48,56)(H,49,61)(H,50,60)(H,51,58)(H,52,59)/t27-,28-,31-,32?,33?,34-,35+,36?,37+/m1/s1. The van der Waals surface area contributed by atoms with Crippen LogP contribution in [0.3, 0.4) is 0 Å². The van der Waals surface area contributed by atoms with Gasteiger partial charge >= 0.3 is 5.97 Å². The summed E-state index contributed by atoms with van der Waals surface area (Å²) < 4.78 is 5.61. The molecule has 7 amide bonds. The lowest BCUT2D eigenvalue weighted by atomic mass is 9.99. The van der Waals surface area contributed by atoms with Crippen LogP contribution in [0.1, 0.15) is 79.4 Å². The normalized spacial score (nSPS) is 24.3. The monoisotopic (exact) mass is 879 g/mol. The van der Waals surface area contributed by atoms with Gasteiger partial charge in [-0.25, -0.2) is 4.79 Å². The fourth-order valence-electron chi connectivity index (χ4n) is 6.75. The highest BCUT2D eigenvalue weighted by Gasteiger charge is 2.39. The number of carbonyl (C=O) groups is 8. The maximum absolute atomic E-state index is 14.4. The number of aliphatic hydroxyl groups is 2. The molecule has 3 unspecified atom stereocenters. The molecule has 0 aliphatic carbocycles. The third-order valence-corrected chi connectivity index (χ3v) is 10.2. The van der Waals surface area contributed by atoms with E-state index in [1.165, 1.54) is 13.8 Å². The Labute approximate surface area is 368 Å². The molecule has 0 radical (unpaired) electrons. The average molecular weight is 880 g/mol. The van der Waals surface area contributed by atoms with Gasteiger partial charge < -0.3 is 52.2 Å². The van der Waals surface area contributed by atoms with Crippen LogP contribution in [0.5, 0.6) is 0 Å². The van der Waals surface area contributed by atoms with E-state index >= 15 is 0 Å². The van der Waals surface area contributed by atoms with Gasteiger partial charge in [-0.3, -0.25) is 33.6 Å². The van der Waals surface area contributed by atoms with Crippen molar-refractivity contribution in [1.82, 2.24) is 37.2 Å². The lowest BCUT2D eigenvalue weighted by molar-refractivity contribution is -0.157. The molecule has 0 bridgehead atoms. The zero-order valence-corrected chi connectivity index (χ0v) is 37.3. The largest absolute Gasteiger partial charge is 0.458 e. The van der Waals surface area contributed by atoms with Gasteiger partial charge in [0.05, 0.1) is 12.7 Å². The van der Waals surface area contributed by atoms with Crippen molar-refractivity contribution in [2.24, 2.45) is 17.8 Å². The molecule has 0 saturated carbocycles. The summed E-state index contributed by atoms with van der Waals surface area (Å²) in [5, 5.41) is 39.0. The van der Waals surface area contributed by atoms with Crippen molar-refractivity contribution < 1.29 is 53.3 Å². The van der Waals surface area contributed by atoms with Gasteiger partial charge in [0.1, 0.15) is 42.4 Å². The summed E-state index contributed by atoms with van der Waals surface area (Å²) in [6.07, 6.45) is -2.99. The first-order valence-corrected chi connectivity index (χ1v) is 21.4. The first-order chi connectivity index (χ1) is 29.7. The molecule has 63 heavy (non-hydrogen) atoms. The molecular formula is C45H65N7O11. The first kappa shape index (κ1) is 51.5. The summed E-state index contributed by atoms with van der Waals surface area (Å²) in [4.78, 5) is 111. The quantitative estimate of drug-likeness (QED) is 0.113. The number of cyclic esters (lactones) is 1. The molecule has 1 heterocycles. The molecule has 1 aliphatic rings. The van der Waals surface area contributed by atoms with Crippen LogP contribution < -0.4 is 37.2 Å². The van der Waals surface area contributed by atoms with E-state index in [9.17, 15) is 48.6 Å². The van der Waals surface area contributed by atoms with Gasteiger partial charge in [0.2, 0.25) is 41.4 Å². The number of nitrogens with one attached hydrogen (secondary N) is 7. The van der Waals surface area contributed by atoms with E-state index in [2.05, 4.69) is 37.2 Å². The van der Waals surface area contributed by atoms with Gasteiger partial charge in [0, 0.05) is 18.8 Å². The molecule has 2 aromatic carbocycles. The molecule has 9 atom stereocenters. The highest BCUT2D eigenvalue weighted by Crippen LogP contribution is 2.14. The van der Waals surface area contributed by atoms with Crippen LogP contribution in [-0.2, 0) is 55.9 Å². The Bertz CT molecular complexity index is 1880. The Balaban J connectivity index is 2.16. The number of rotatable bonds is 14. The summed E-state index contributed by atoms with van der Waals surface area (Å²) >= 11 is 0. The highest BCUT2D eigenvalue weighted by atomic mass is 16.5. The second kappa shape index (κ2) is 24.7. The molecule has 0 aromatic heterocycles. The van der Waals surface area contributed by atoms with E-state index in [1.54, 1.807) is 102 Å². The van der Waals surface area contributed by atoms with E-state index in [1.807, 2.05) is 0 Å². The maximum Gasteiger partial charge on any atom is 0.331 e. The summed E-state index contributed by atoms with van der Waals surface area (Å²) in [5.74, 6) is -7.89. The second-order valence-corrected chi connectivity index (χ2v) is 17.1. The Morgan fingerprint density at radius 1 is 0.635 bits per heavy atom. The lowest BCUT2D eigenvalue weighted by Gasteiger charge is -2.30. The van der Waals surface area contributed by atoms with E-state index in [-0.39, 0.29) is 37.5 Å². The van der Waals surface area contributed by atoms with Crippen molar-refractivity contribution >= 4 is 47.3 Å². The Hall–Kier alpha value is -5.88. The van der Waals surface area contributed by atoms with Crippen LogP contribution in [-0.4, -0.2) is 119 Å². The zero-order valence-electron chi connectivity index (χ0n) is 37.3. The summed E-state index contributed by atoms with van der Waals surface area (Å²) in [7, 11) is 0. The van der Waals surface area contributed by atoms with E-state index in [4.69, 9.17) is 4.74 Å². The number of esters is 1. The number of benzene rings is 2. The van der Waals surface area contributed by atoms with Crippen molar-refractivity contribution in [2.45, 2.75) is 136 Å². The smallest absolute Gasteiger partial charge is 0.331 e. The van der Waals surface area contributed by atoms with Crippen LogP contribution in [0.15, 0.2) is 60.7 Å². The molecular weight excluding hydrogens is 815 g/mol. The van der Waals surface area contributed by atoms with Crippen molar-refractivity contribution in [2.75, 3.05) is 6.61 Å². The molecule has 0 spiro atoms. The van der Waals surface area contributed by atoms with E-state index in [0.717, 1.165) is 0 Å². The molecule has 1 saturated heterocycles.